The Morgan fingerprint density at radius 2 is 2.19 bits per heavy atom. The molecule has 0 bridgehead atoms. The molecule has 90 valence electrons. The number of methoxy groups -OCH3 is 1. The van der Waals surface area contributed by atoms with Crippen LogP contribution in [0.5, 0.6) is 5.75 Å². The van der Waals surface area contributed by atoms with E-state index in [1.54, 1.807) is 13.2 Å². The van der Waals surface area contributed by atoms with Crippen molar-refractivity contribution in [2.45, 2.75) is 26.0 Å². The number of hydrogen-bond acceptors (Lipinski definition) is 3. The highest BCUT2D eigenvalue weighted by atomic mass is 19.1. The molecule has 0 saturated heterocycles. The van der Waals surface area contributed by atoms with Crippen LogP contribution in [0.25, 0.3) is 0 Å². The van der Waals surface area contributed by atoms with Crippen LogP contribution >= 0.6 is 0 Å². The normalized spacial score (nSPS) is 12.5. The second kappa shape index (κ2) is 6.45. The Hall–Kier alpha value is -1.13. The standard InChI is InChI=1S/C12H18FNO2/c1-9(5-6-15-2)16-12-4-3-11(13)7-10(12)8-14/h3-4,7,9H,5-6,8,14H2,1-2H3. The Kier molecular flexibility index (Phi) is 5.22. The van der Waals surface area contributed by atoms with Crippen LogP contribution in [0.4, 0.5) is 4.39 Å². The van der Waals surface area contributed by atoms with E-state index in [0.29, 0.717) is 17.9 Å². The van der Waals surface area contributed by atoms with E-state index >= 15 is 0 Å². The Bertz CT molecular complexity index is 331. The molecule has 0 aliphatic rings. The van der Waals surface area contributed by atoms with E-state index in [0.717, 1.165) is 6.42 Å². The Morgan fingerprint density at radius 1 is 1.44 bits per heavy atom. The molecule has 0 aromatic heterocycles. The third kappa shape index (κ3) is 3.79. The molecule has 16 heavy (non-hydrogen) atoms. The molecular formula is C12H18FNO2. The smallest absolute Gasteiger partial charge is 0.124 e. The third-order valence-corrected chi connectivity index (χ3v) is 2.30. The van der Waals surface area contributed by atoms with Crippen LogP contribution in [0.15, 0.2) is 18.2 Å². The van der Waals surface area contributed by atoms with Crippen LogP contribution in [-0.2, 0) is 11.3 Å². The predicted molar refractivity (Wildman–Crippen MR) is 60.9 cm³/mol. The van der Waals surface area contributed by atoms with Crippen LogP contribution < -0.4 is 10.5 Å². The first-order valence-electron chi connectivity index (χ1n) is 5.31. The van der Waals surface area contributed by atoms with Gasteiger partial charge in [-0.3, -0.25) is 0 Å². The number of rotatable bonds is 6. The quantitative estimate of drug-likeness (QED) is 0.809. The van der Waals surface area contributed by atoms with Crippen molar-refractivity contribution in [2.24, 2.45) is 5.73 Å². The summed E-state index contributed by atoms with van der Waals surface area (Å²) in [5.74, 6) is 0.352. The molecule has 1 atom stereocenters. The summed E-state index contributed by atoms with van der Waals surface area (Å²) in [6.45, 7) is 2.85. The minimum atomic E-state index is -0.294. The summed E-state index contributed by atoms with van der Waals surface area (Å²) in [6, 6.07) is 4.39. The molecule has 0 amide bonds. The lowest BCUT2D eigenvalue weighted by molar-refractivity contribution is 0.134. The highest BCUT2D eigenvalue weighted by Gasteiger charge is 2.08. The predicted octanol–water partition coefficient (Wildman–Crippen LogP) is 2.09. The lowest BCUT2D eigenvalue weighted by atomic mass is 10.2. The van der Waals surface area contributed by atoms with Gasteiger partial charge in [0.1, 0.15) is 11.6 Å². The lowest BCUT2D eigenvalue weighted by Gasteiger charge is -2.16. The highest BCUT2D eigenvalue weighted by molar-refractivity contribution is 5.33. The van der Waals surface area contributed by atoms with Gasteiger partial charge in [-0.15, -0.1) is 0 Å². The molecule has 4 heteroatoms. The second-order valence-corrected chi connectivity index (χ2v) is 3.67. The van der Waals surface area contributed by atoms with Crippen LogP contribution in [-0.4, -0.2) is 19.8 Å². The van der Waals surface area contributed by atoms with E-state index in [4.69, 9.17) is 15.2 Å². The molecule has 1 rings (SSSR count). The first-order chi connectivity index (χ1) is 7.67. The monoisotopic (exact) mass is 227 g/mol. The third-order valence-electron chi connectivity index (χ3n) is 2.30. The highest BCUT2D eigenvalue weighted by Crippen LogP contribution is 2.21. The van der Waals surface area contributed by atoms with Gasteiger partial charge in [-0.05, 0) is 25.1 Å². The Morgan fingerprint density at radius 3 is 2.81 bits per heavy atom. The van der Waals surface area contributed by atoms with E-state index in [2.05, 4.69) is 0 Å². The summed E-state index contributed by atoms with van der Waals surface area (Å²) in [6.07, 6.45) is 0.813. The largest absolute Gasteiger partial charge is 0.490 e. The minimum absolute atomic E-state index is 0.0238. The van der Waals surface area contributed by atoms with Gasteiger partial charge in [0.2, 0.25) is 0 Å². The molecule has 1 unspecified atom stereocenters. The van der Waals surface area contributed by atoms with Gasteiger partial charge in [-0.25, -0.2) is 4.39 Å². The summed E-state index contributed by atoms with van der Waals surface area (Å²) in [4.78, 5) is 0. The maximum atomic E-state index is 12.9. The van der Waals surface area contributed by atoms with Crippen molar-refractivity contribution >= 4 is 0 Å². The molecule has 0 radical (unpaired) electrons. The second-order valence-electron chi connectivity index (χ2n) is 3.67. The first-order valence-corrected chi connectivity index (χ1v) is 5.31. The zero-order chi connectivity index (χ0) is 12.0. The van der Waals surface area contributed by atoms with Gasteiger partial charge in [0.05, 0.1) is 6.10 Å². The summed E-state index contributed by atoms with van der Waals surface area (Å²) in [7, 11) is 1.65. The van der Waals surface area contributed by atoms with Gasteiger partial charge in [-0.1, -0.05) is 0 Å². The molecule has 2 N–H and O–H groups in total. The molecule has 0 spiro atoms. The van der Waals surface area contributed by atoms with Crippen LogP contribution in [0.1, 0.15) is 18.9 Å². The topological polar surface area (TPSA) is 44.5 Å². The van der Waals surface area contributed by atoms with Gasteiger partial charge in [-0.2, -0.15) is 0 Å². The van der Waals surface area contributed by atoms with Crippen LogP contribution in [0.2, 0.25) is 0 Å². The molecule has 0 heterocycles. The van der Waals surface area contributed by atoms with Gasteiger partial charge in [0.15, 0.2) is 0 Å². The van der Waals surface area contributed by atoms with Crippen molar-refractivity contribution < 1.29 is 13.9 Å². The summed E-state index contributed by atoms with van der Waals surface area (Å²) in [5.41, 5.74) is 6.21. The minimum Gasteiger partial charge on any atom is -0.490 e. The van der Waals surface area contributed by atoms with Crippen molar-refractivity contribution in [2.75, 3.05) is 13.7 Å². The zero-order valence-electron chi connectivity index (χ0n) is 9.70. The summed E-state index contributed by atoms with van der Waals surface area (Å²) < 4.78 is 23.6. The number of hydrogen-bond donors (Lipinski definition) is 1. The van der Waals surface area contributed by atoms with Crippen molar-refractivity contribution in [1.29, 1.82) is 0 Å². The van der Waals surface area contributed by atoms with E-state index in [1.807, 2.05) is 6.92 Å². The van der Waals surface area contributed by atoms with Gasteiger partial charge in [0, 0.05) is 32.2 Å². The van der Waals surface area contributed by atoms with Crippen molar-refractivity contribution in [3.05, 3.63) is 29.6 Å². The maximum Gasteiger partial charge on any atom is 0.124 e. The molecule has 0 saturated carbocycles. The Balaban J connectivity index is 2.65. The van der Waals surface area contributed by atoms with Crippen molar-refractivity contribution in [3.63, 3.8) is 0 Å². The molecule has 3 nitrogen and oxygen atoms in total. The number of ether oxygens (including phenoxy) is 2. The molecule has 1 aromatic rings. The van der Waals surface area contributed by atoms with E-state index < -0.39 is 0 Å². The fourth-order valence-electron chi connectivity index (χ4n) is 1.38. The number of halogens is 1. The number of nitrogens with two attached hydrogens (primary N) is 1. The Labute approximate surface area is 95.4 Å². The summed E-state index contributed by atoms with van der Waals surface area (Å²) >= 11 is 0. The van der Waals surface area contributed by atoms with E-state index in [9.17, 15) is 4.39 Å². The van der Waals surface area contributed by atoms with E-state index in [-0.39, 0.29) is 18.5 Å². The average molecular weight is 227 g/mol. The van der Waals surface area contributed by atoms with Crippen molar-refractivity contribution in [1.82, 2.24) is 0 Å². The molecular weight excluding hydrogens is 209 g/mol. The van der Waals surface area contributed by atoms with E-state index in [1.165, 1.54) is 12.1 Å². The average Bonchev–Trinajstić information content (AvgIpc) is 2.28. The fraction of sp³-hybridized carbons (Fsp3) is 0.500. The molecule has 1 aromatic carbocycles. The molecule has 0 aliphatic heterocycles. The summed E-state index contributed by atoms with van der Waals surface area (Å²) in [5, 5.41) is 0. The van der Waals surface area contributed by atoms with Crippen LogP contribution in [0, 0.1) is 5.82 Å². The molecule has 0 aliphatic carbocycles. The van der Waals surface area contributed by atoms with Gasteiger partial charge in [0.25, 0.3) is 0 Å². The van der Waals surface area contributed by atoms with Gasteiger partial charge >= 0.3 is 0 Å². The maximum absolute atomic E-state index is 12.9. The first kappa shape index (κ1) is 12.9. The lowest BCUT2D eigenvalue weighted by Crippen LogP contribution is -2.15. The SMILES string of the molecule is COCCC(C)Oc1ccc(F)cc1CN. The zero-order valence-corrected chi connectivity index (χ0v) is 9.70. The van der Waals surface area contributed by atoms with Crippen molar-refractivity contribution in [3.8, 4) is 5.75 Å². The number of benzene rings is 1. The molecule has 0 fully saturated rings. The fourth-order valence-corrected chi connectivity index (χ4v) is 1.38. The van der Waals surface area contributed by atoms with Gasteiger partial charge < -0.3 is 15.2 Å². The van der Waals surface area contributed by atoms with Crippen LogP contribution in [0.3, 0.4) is 0 Å².